The lowest BCUT2D eigenvalue weighted by molar-refractivity contribution is 0.0520. The van der Waals surface area contributed by atoms with Gasteiger partial charge in [-0.05, 0) is 18.2 Å². The molecular weight excluding hydrogens is 284 g/mol. The van der Waals surface area contributed by atoms with E-state index in [2.05, 4.69) is 10.4 Å². The van der Waals surface area contributed by atoms with E-state index in [1.54, 1.807) is 18.2 Å². The highest BCUT2D eigenvalue weighted by atomic mass is 19.3. The second-order valence-corrected chi connectivity index (χ2v) is 4.25. The highest BCUT2D eigenvalue weighted by Gasteiger charge is 2.19. The molecule has 8 heteroatoms. The summed E-state index contributed by atoms with van der Waals surface area (Å²) < 4.78 is 36.4. The number of rotatable bonds is 3. The van der Waals surface area contributed by atoms with Gasteiger partial charge in [-0.2, -0.15) is 18.6 Å². The zero-order valence-electron chi connectivity index (χ0n) is 10.8. The number of halogens is 2. The summed E-state index contributed by atoms with van der Waals surface area (Å²) in [6, 6.07) is 6.05. The minimum Gasteiger partial charge on any atom is -0.486 e. The Hall–Kier alpha value is -2.64. The lowest BCUT2D eigenvalue weighted by Crippen LogP contribution is -2.19. The summed E-state index contributed by atoms with van der Waals surface area (Å²) >= 11 is 0. The third kappa shape index (κ3) is 2.64. The third-order valence-corrected chi connectivity index (χ3v) is 2.89. The van der Waals surface area contributed by atoms with Gasteiger partial charge in [-0.15, -0.1) is 0 Å². The van der Waals surface area contributed by atoms with Crippen LogP contribution >= 0.6 is 0 Å². The summed E-state index contributed by atoms with van der Waals surface area (Å²) in [5, 5.41) is 5.93. The summed E-state index contributed by atoms with van der Waals surface area (Å²) in [4.78, 5) is 12.0. The molecule has 21 heavy (non-hydrogen) atoms. The Morgan fingerprint density at radius 2 is 2.00 bits per heavy atom. The molecule has 0 fully saturated rings. The van der Waals surface area contributed by atoms with E-state index < -0.39 is 12.5 Å². The second kappa shape index (κ2) is 5.39. The van der Waals surface area contributed by atoms with Gasteiger partial charge in [0.15, 0.2) is 11.5 Å². The van der Waals surface area contributed by atoms with E-state index in [0.29, 0.717) is 35.1 Å². The molecule has 1 aliphatic rings. The van der Waals surface area contributed by atoms with Gasteiger partial charge in [0.1, 0.15) is 18.9 Å². The number of fused-ring (bicyclic) bond motifs is 1. The predicted molar refractivity (Wildman–Crippen MR) is 68.9 cm³/mol. The van der Waals surface area contributed by atoms with Crippen LogP contribution in [0, 0.1) is 0 Å². The molecule has 2 heterocycles. The minimum absolute atomic E-state index is 0.222. The molecule has 110 valence electrons. The summed E-state index contributed by atoms with van der Waals surface area (Å²) in [5.74, 6) is 0.405. The Bertz CT molecular complexity index is 672. The van der Waals surface area contributed by atoms with Crippen LogP contribution in [0.1, 0.15) is 17.0 Å². The number of hydrogen-bond acceptors (Lipinski definition) is 4. The van der Waals surface area contributed by atoms with Crippen LogP contribution in [-0.4, -0.2) is 28.9 Å². The molecule has 1 aromatic heterocycles. The molecular formula is C13H11F2N3O3. The number of carbonyl (C=O) groups excluding carboxylic acids is 1. The van der Waals surface area contributed by atoms with Crippen LogP contribution in [0.5, 0.6) is 11.5 Å². The van der Waals surface area contributed by atoms with E-state index in [1.165, 1.54) is 6.07 Å². The van der Waals surface area contributed by atoms with Crippen molar-refractivity contribution in [2.75, 3.05) is 18.5 Å². The summed E-state index contributed by atoms with van der Waals surface area (Å²) in [6.45, 7) is -1.99. The van der Waals surface area contributed by atoms with E-state index in [0.717, 1.165) is 6.20 Å². The second-order valence-electron chi connectivity index (χ2n) is 4.25. The first-order chi connectivity index (χ1) is 10.1. The van der Waals surface area contributed by atoms with Crippen LogP contribution in [0.3, 0.4) is 0 Å². The summed E-state index contributed by atoms with van der Waals surface area (Å²) in [6.07, 6.45) is 1.14. The first-order valence-corrected chi connectivity index (χ1v) is 6.18. The number of anilines is 1. The van der Waals surface area contributed by atoms with E-state index in [4.69, 9.17) is 9.47 Å². The predicted octanol–water partition coefficient (Wildman–Crippen LogP) is 2.30. The minimum atomic E-state index is -2.87. The number of ether oxygens (including phenoxy) is 2. The van der Waals surface area contributed by atoms with Crippen molar-refractivity contribution in [3.8, 4) is 11.5 Å². The molecule has 3 rings (SSSR count). The fraction of sp³-hybridized carbons (Fsp3) is 0.231. The molecule has 0 saturated heterocycles. The Labute approximate surface area is 118 Å². The van der Waals surface area contributed by atoms with Crippen molar-refractivity contribution >= 4 is 11.6 Å². The van der Waals surface area contributed by atoms with Crippen molar-refractivity contribution < 1.29 is 23.0 Å². The van der Waals surface area contributed by atoms with E-state index in [1.807, 2.05) is 0 Å². The zero-order valence-corrected chi connectivity index (χ0v) is 10.8. The first kappa shape index (κ1) is 13.3. The number of aromatic nitrogens is 2. The first-order valence-electron chi connectivity index (χ1n) is 6.18. The van der Waals surface area contributed by atoms with Crippen LogP contribution in [0.25, 0.3) is 0 Å². The maximum Gasteiger partial charge on any atom is 0.333 e. The average Bonchev–Trinajstić information content (AvgIpc) is 2.97. The standard InChI is InChI=1S/C13H11F2N3O3/c14-13(15)18-9(3-4-16-18)12(19)17-8-1-2-10-11(7-8)21-6-5-20-10/h1-4,7,13H,5-6H2,(H,17,19). The molecule has 0 saturated carbocycles. The monoisotopic (exact) mass is 295 g/mol. The normalized spacial score (nSPS) is 13.3. The molecule has 0 radical (unpaired) electrons. The molecule has 2 aromatic rings. The van der Waals surface area contributed by atoms with Crippen molar-refractivity contribution in [2.45, 2.75) is 6.55 Å². The molecule has 0 spiro atoms. The largest absolute Gasteiger partial charge is 0.486 e. The highest BCUT2D eigenvalue weighted by Crippen LogP contribution is 2.32. The van der Waals surface area contributed by atoms with E-state index in [9.17, 15) is 13.6 Å². The molecule has 0 bridgehead atoms. The number of nitrogens with one attached hydrogen (secondary N) is 1. The molecule has 1 N–H and O–H groups in total. The quantitative estimate of drug-likeness (QED) is 0.943. The van der Waals surface area contributed by atoms with Gasteiger partial charge in [-0.25, -0.2) is 0 Å². The SMILES string of the molecule is O=C(Nc1ccc2c(c1)OCCO2)c1ccnn1C(F)F. The number of carbonyl (C=O) groups is 1. The molecule has 1 amide bonds. The van der Waals surface area contributed by atoms with Crippen molar-refractivity contribution in [3.63, 3.8) is 0 Å². The van der Waals surface area contributed by atoms with Gasteiger partial charge >= 0.3 is 6.55 Å². The zero-order chi connectivity index (χ0) is 14.8. The van der Waals surface area contributed by atoms with Gasteiger partial charge in [-0.1, -0.05) is 0 Å². The maximum atomic E-state index is 12.7. The lowest BCUT2D eigenvalue weighted by atomic mass is 10.2. The number of hydrogen-bond donors (Lipinski definition) is 1. The number of nitrogens with zero attached hydrogens (tertiary/aromatic N) is 2. The topological polar surface area (TPSA) is 65.4 Å². The van der Waals surface area contributed by atoms with Crippen LogP contribution in [0.4, 0.5) is 14.5 Å². The van der Waals surface area contributed by atoms with Gasteiger partial charge in [0.05, 0.1) is 0 Å². The highest BCUT2D eigenvalue weighted by molar-refractivity contribution is 6.03. The molecule has 0 unspecified atom stereocenters. The Balaban J connectivity index is 1.80. The van der Waals surface area contributed by atoms with Gasteiger partial charge in [-0.3, -0.25) is 4.79 Å². The maximum absolute atomic E-state index is 12.7. The molecule has 0 aliphatic carbocycles. The summed E-state index contributed by atoms with van der Waals surface area (Å²) in [5.41, 5.74) is 0.200. The number of benzene rings is 1. The fourth-order valence-electron chi connectivity index (χ4n) is 1.97. The van der Waals surface area contributed by atoms with E-state index >= 15 is 0 Å². The van der Waals surface area contributed by atoms with Gasteiger partial charge in [0, 0.05) is 18.0 Å². The van der Waals surface area contributed by atoms with Crippen molar-refractivity contribution in [2.24, 2.45) is 0 Å². The molecule has 1 aromatic carbocycles. The lowest BCUT2D eigenvalue weighted by Gasteiger charge is -2.19. The van der Waals surface area contributed by atoms with Crippen molar-refractivity contribution in [1.29, 1.82) is 0 Å². The van der Waals surface area contributed by atoms with Crippen LogP contribution in [0.15, 0.2) is 30.5 Å². The van der Waals surface area contributed by atoms with Crippen LogP contribution < -0.4 is 14.8 Å². The average molecular weight is 295 g/mol. The van der Waals surface area contributed by atoms with E-state index in [-0.39, 0.29) is 5.69 Å². The fourth-order valence-corrected chi connectivity index (χ4v) is 1.97. The van der Waals surface area contributed by atoms with Gasteiger partial charge < -0.3 is 14.8 Å². The number of alkyl halides is 2. The smallest absolute Gasteiger partial charge is 0.333 e. The molecule has 0 atom stereocenters. The Morgan fingerprint density at radius 3 is 2.76 bits per heavy atom. The Morgan fingerprint density at radius 1 is 1.24 bits per heavy atom. The van der Waals surface area contributed by atoms with Gasteiger partial charge in [0.25, 0.3) is 5.91 Å². The number of amides is 1. The van der Waals surface area contributed by atoms with Crippen molar-refractivity contribution in [3.05, 3.63) is 36.2 Å². The Kier molecular flexibility index (Phi) is 3.43. The van der Waals surface area contributed by atoms with Crippen LogP contribution in [0.2, 0.25) is 0 Å². The van der Waals surface area contributed by atoms with Crippen LogP contribution in [-0.2, 0) is 0 Å². The van der Waals surface area contributed by atoms with Gasteiger partial charge in [0.2, 0.25) is 0 Å². The molecule has 6 nitrogen and oxygen atoms in total. The molecule has 1 aliphatic heterocycles. The van der Waals surface area contributed by atoms with Crippen molar-refractivity contribution in [1.82, 2.24) is 9.78 Å². The third-order valence-electron chi connectivity index (χ3n) is 2.89. The summed E-state index contributed by atoms with van der Waals surface area (Å²) in [7, 11) is 0.